The van der Waals surface area contributed by atoms with Gasteiger partial charge in [0, 0.05) is 11.5 Å². The second kappa shape index (κ2) is 5.84. The Morgan fingerprint density at radius 1 is 1.21 bits per heavy atom. The van der Waals surface area contributed by atoms with Gasteiger partial charge in [0.2, 0.25) is 5.88 Å². The molecule has 102 valence electrons. The lowest BCUT2D eigenvalue weighted by Crippen LogP contribution is -2.08. The quantitative estimate of drug-likeness (QED) is 0.789. The highest BCUT2D eigenvalue weighted by Crippen LogP contribution is 2.38. The minimum atomic E-state index is 0.546. The lowest BCUT2D eigenvalue weighted by atomic mass is 9.97. The number of aryl methyl sites for hydroxylation is 2. The number of hydrogen-bond donors (Lipinski definition) is 0. The Hall–Kier alpha value is -1.20. The Morgan fingerprint density at radius 3 is 3.00 bits per heavy atom. The van der Waals surface area contributed by atoms with Crippen molar-refractivity contribution in [3.8, 4) is 5.88 Å². The van der Waals surface area contributed by atoms with E-state index in [1.54, 1.807) is 17.7 Å². The van der Waals surface area contributed by atoms with Gasteiger partial charge in [0.05, 0.1) is 12.0 Å². The number of ether oxygens (including phenoxy) is 2. The van der Waals surface area contributed by atoms with E-state index >= 15 is 0 Å². The molecular formula is C14H18N2O2S. The van der Waals surface area contributed by atoms with Gasteiger partial charge in [0.25, 0.3) is 0 Å². The Labute approximate surface area is 116 Å². The largest absolute Gasteiger partial charge is 0.475 e. The molecule has 0 unspecified atom stereocenters. The molecule has 0 saturated carbocycles. The Balaban J connectivity index is 1.88. The van der Waals surface area contributed by atoms with E-state index < -0.39 is 0 Å². The molecule has 2 aromatic rings. The second-order valence-corrected chi connectivity index (χ2v) is 5.70. The monoisotopic (exact) mass is 278 g/mol. The van der Waals surface area contributed by atoms with Gasteiger partial charge in [-0.15, -0.1) is 11.3 Å². The standard InChI is InChI=1S/C14H18N2O2S/c1-2-17-7-8-18-13-12-10-5-3-4-6-11(10)19-14(12)16-9-15-13/h9H,2-8H2,1H3. The maximum Gasteiger partial charge on any atom is 0.225 e. The molecule has 0 fully saturated rings. The van der Waals surface area contributed by atoms with Gasteiger partial charge in [-0.3, -0.25) is 0 Å². The molecule has 3 rings (SSSR count). The van der Waals surface area contributed by atoms with E-state index in [0.29, 0.717) is 13.2 Å². The second-order valence-electron chi connectivity index (χ2n) is 4.62. The third kappa shape index (κ3) is 2.58. The summed E-state index contributed by atoms with van der Waals surface area (Å²) in [4.78, 5) is 11.2. The molecule has 0 atom stereocenters. The molecule has 1 aliphatic carbocycles. The molecule has 0 bridgehead atoms. The van der Waals surface area contributed by atoms with Crippen LogP contribution in [0.15, 0.2) is 6.33 Å². The summed E-state index contributed by atoms with van der Waals surface area (Å²) in [5.41, 5.74) is 1.42. The predicted octanol–water partition coefficient (Wildman–Crippen LogP) is 2.99. The van der Waals surface area contributed by atoms with Crippen molar-refractivity contribution in [2.45, 2.75) is 32.6 Å². The van der Waals surface area contributed by atoms with E-state index in [2.05, 4.69) is 9.97 Å². The first-order valence-corrected chi connectivity index (χ1v) is 7.67. The van der Waals surface area contributed by atoms with Crippen LogP contribution in [0.4, 0.5) is 0 Å². The van der Waals surface area contributed by atoms with Crippen LogP contribution in [-0.2, 0) is 17.6 Å². The molecule has 2 aromatic heterocycles. The van der Waals surface area contributed by atoms with E-state index in [4.69, 9.17) is 9.47 Å². The maximum absolute atomic E-state index is 5.78. The number of hydrogen-bond acceptors (Lipinski definition) is 5. The molecule has 0 aromatic carbocycles. The van der Waals surface area contributed by atoms with Gasteiger partial charge >= 0.3 is 0 Å². The zero-order valence-electron chi connectivity index (χ0n) is 11.1. The van der Waals surface area contributed by atoms with E-state index in [9.17, 15) is 0 Å². The van der Waals surface area contributed by atoms with Crippen LogP contribution in [0.3, 0.4) is 0 Å². The van der Waals surface area contributed by atoms with Crippen molar-refractivity contribution in [1.29, 1.82) is 0 Å². The minimum Gasteiger partial charge on any atom is -0.475 e. The molecule has 4 nitrogen and oxygen atoms in total. The van der Waals surface area contributed by atoms with Crippen molar-refractivity contribution in [2.24, 2.45) is 0 Å². The number of rotatable bonds is 5. The summed E-state index contributed by atoms with van der Waals surface area (Å²) >= 11 is 1.80. The van der Waals surface area contributed by atoms with Gasteiger partial charge in [-0.05, 0) is 38.2 Å². The van der Waals surface area contributed by atoms with Crippen molar-refractivity contribution in [3.63, 3.8) is 0 Å². The van der Waals surface area contributed by atoms with Gasteiger partial charge < -0.3 is 9.47 Å². The molecule has 1 aliphatic rings. The molecule has 0 saturated heterocycles. The summed E-state index contributed by atoms with van der Waals surface area (Å²) < 4.78 is 11.1. The van der Waals surface area contributed by atoms with E-state index in [1.165, 1.54) is 29.7 Å². The first kappa shape index (κ1) is 12.8. The average Bonchev–Trinajstić information content (AvgIpc) is 2.83. The summed E-state index contributed by atoms with van der Waals surface area (Å²) in [7, 11) is 0. The summed E-state index contributed by atoms with van der Waals surface area (Å²) in [5.74, 6) is 0.726. The van der Waals surface area contributed by atoms with Gasteiger partial charge in [-0.25, -0.2) is 9.97 Å². The Morgan fingerprint density at radius 2 is 2.11 bits per heavy atom. The van der Waals surface area contributed by atoms with Crippen LogP contribution in [0.1, 0.15) is 30.2 Å². The fourth-order valence-electron chi connectivity index (χ4n) is 2.51. The molecule has 19 heavy (non-hydrogen) atoms. The number of thiophene rings is 1. The van der Waals surface area contributed by atoms with Crippen LogP contribution in [0.2, 0.25) is 0 Å². The maximum atomic E-state index is 5.78. The van der Waals surface area contributed by atoms with Crippen LogP contribution in [-0.4, -0.2) is 29.8 Å². The first-order chi connectivity index (χ1) is 9.40. The highest BCUT2D eigenvalue weighted by Gasteiger charge is 2.20. The van der Waals surface area contributed by atoms with Crippen LogP contribution in [0, 0.1) is 0 Å². The molecule has 2 heterocycles. The summed E-state index contributed by atoms with van der Waals surface area (Å²) in [6.45, 7) is 3.85. The topological polar surface area (TPSA) is 44.2 Å². The summed E-state index contributed by atoms with van der Waals surface area (Å²) in [6, 6.07) is 0. The van der Waals surface area contributed by atoms with E-state index in [-0.39, 0.29) is 0 Å². The molecule has 0 radical (unpaired) electrons. The number of nitrogens with zero attached hydrogens (tertiary/aromatic N) is 2. The van der Waals surface area contributed by atoms with Gasteiger partial charge in [-0.2, -0.15) is 0 Å². The number of aromatic nitrogens is 2. The van der Waals surface area contributed by atoms with Crippen LogP contribution >= 0.6 is 11.3 Å². The molecule has 0 spiro atoms. The Kier molecular flexibility index (Phi) is 3.94. The van der Waals surface area contributed by atoms with Gasteiger partial charge in [0.1, 0.15) is 17.8 Å². The van der Waals surface area contributed by atoms with Crippen molar-refractivity contribution in [2.75, 3.05) is 19.8 Å². The molecule has 5 heteroatoms. The Bertz CT molecular complexity index is 568. The zero-order chi connectivity index (χ0) is 13.1. The molecular weight excluding hydrogens is 260 g/mol. The van der Waals surface area contributed by atoms with E-state index in [1.807, 2.05) is 6.92 Å². The van der Waals surface area contributed by atoms with Gasteiger partial charge in [0.15, 0.2) is 0 Å². The summed E-state index contributed by atoms with van der Waals surface area (Å²) in [5, 5.41) is 1.14. The molecule has 0 amide bonds. The third-order valence-electron chi connectivity index (χ3n) is 3.39. The lowest BCUT2D eigenvalue weighted by Gasteiger charge is -2.12. The van der Waals surface area contributed by atoms with Crippen LogP contribution < -0.4 is 4.74 Å². The first-order valence-electron chi connectivity index (χ1n) is 6.86. The predicted molar refractivity (Wildman–Crippen MR) is 76.0 cm³/mol. The van der Waals surface area contributed by atoms with Crippen molar-refractivity contribution >= 4 is 21.6 Å². The van der Waals surface area contributed by atoms with Crippen LogP contribution in [0.5, 0.6) is 5.88 Å². The smallest absolute Gasteiger partial charge is 0.225 e. The fraction of sp³-hybridized carbons (Fsp3) is 0.571. The zero-order valence-corrected chi connectivity index (χ0v) is 12.0. The SMILES string of the molecule is CCOCCOc1ncnc2sc3c(c12)CCCC3. The summed E-state index contributed by atoms with van der Waals surface area (Å²) in [6.07, 6.45) is 6.44. The van der Waals surface area contributed by atoms with Crippen molar-refractivity contribution < 1.29 is 9.47 Å². The highest BCUT2D eigenvalue weighted by atomic mass is 32.1. The minimum absolute atomic E-state index is 0.546. The number of fused-ring (bicyclic) bond motifs is 3. The normalized spacial score (nSPS) is 14.6. The van der Waals surface area contributed by atoms with E-state index in [0.717, 1.165) is 29.1 Å². The van der Waals surface area contributed by atoms with Crippen molar-refractivity contribution in [3.05, 3.63) is 16.8 Å². The average molecular weight is 278 g/mol. The van der Waals surface area contributed by atoms with Gasteiger partial charge in [-0.1, -0.05) is 0 Å². The molecule has 0 N–H and O–H groups in total. The van der Waals surface area contributed by atoms with Crippen molar-refractivity contribution in [1.82, 2.24) is 9.97 Å². The molecule has 0 aliphatic heterocycles. The lowest BCUT2D eigenvalue weighted by molar-refractivity contribution is 0.109. The third-order valence-corrected chi connectivity index (χ3v) is 4.59. The van der Waals surface area contributed by atoms with Crippen LogP contribution in [0.25, 0.3) is 10.2 Å². The highest BCUT2D eigenvalue weighted by molar-refractivity contribution is 7.18. The fourth-order valence-corrected chi connectivity index (χ4v) is 3.73.